The van der Waals surface area contributed by atoms with E-state index in [1.807, 2.05) is 0 Å². The summed E-state index contributed by atoms with van der Waals surface area (Å²) in [6.45, 7) is -0.460. The fraction of sp³-hybridized carbons (Fsp3) is 0.143. The number of hydrogen-bond donors (Lipinski definition) is 3. The SMILES string of the molecule is NC(=O)c1nc(NC(=O)c2cc(F)cc(C(F)(F)F)c2)c2n1CC(=O)N[C@H]2c1cc(F)ccc1Cl. The topological polar surface area (TPSA) is 119 Å². The fourth-order valence-corrected chi connectivity index (χ4v) is 3.87. The number of amides is 3. The number of aromatic nitrogens is 2. The molecule has 1 aliphatic heterocycles. The van der Waals surface area contributed by atoms with E-state index in [2.05, 4.69) is 15.6 Å². The van der Waals surface area contributed by atoms with Crippen LogP contribution in [0.4, 0.5) is 27.8 Å². The summed E-state index contributed by atoms with van der Waals surface area (Å²) in [6.07, 6.45) is -4.92. The molecule has 182 valence electrons. The molecule has 0 saturated heterocycles. The van der Waals surface area contributed by atoms with Gasteiger partial charge >= 0.3 is 6.18 Å². The molecule has 1 aromatic heterocycles. The van der Waals surface area contributed by atoms with Crippen molar-refractivity contribution in [3.63, 3.8) is 0 Å². The van der Waals surface area contributed by atoms with Gasteiger partial charge in [0.2, 0.25) is 11.7 Å². The molecule has 2 aromatic carbocycles. The van der Waals surface area contributed by atoms with Gasteiger partial charge in [-0.25, -0.2) is 13.8 Å². The van der Waals surface area contributed by atoms with Gasteiger partial charge in [-0.05, 0) is 36.4 Å². The number of nitrogens with two attached hydrogens (primary N) is 1. The van der Waals surface area contributed by atoms with Gasteiger partial charge in [-0.3, -0.25) is 14.4 Å². The van der Waals surface area contributed by atoms with Gasteiger partial charge in [-0.1, -0.05) is 11.6 Å². The van der Waals surface area contributed by atoms with Crippen molar-refractivity contribution >= 4 is 35.1 Å². The Labute approximate surface area is 197 Å². The molecule has 0 saturated carbocycles. The van der Waals surface area contributed by atoms with E-state index in [-0.39, 0.29) is 28.2 Å². The van der Waals surface area contributed by atoms with Gasteiger partial charge in [0.15, 0.2) is 5.82 Å². The smallest absolute Gasteiger partial charge is 0.363 e. The minimum atomic E-state index is -4.92. The molecule has 0 bridgehead atoms. The zero-order valence-electron chi connectivity index (χ0n) is 17.2. The zero-order chi connectivity index (χ0) is 25.7. The molecule has 0 spiro atoms. The van der Waals surface area contributed by atoms with E-state index in [9.17, 15) is 36.3 Å². The van der Waals surface area contributed by atoms with Crippen LogP contribution in [0.3, 0.4) is 0 Å². The largest absolute Gasteiger partial charge is 0.416 e. The Morgan fingerprint density at radius 2 is 1.86 bits per heavy atom. The van der Waals surface area contributed by atoms with Gasteiger partial charge in [0.1, 0.15) is 18.2 Å². The second-order valence-electron chi connectivity index (χ2n) is 7.47. The Bertz CT molecular complexity index is 1390. The van der Waals surface area contributed by atoms with Crippen molar-refractivity contribution in [3.8, 4) is 0 Å². The summed E-state index contributed by atoms with van der Waals surface area (Å²) in [6, 6.07) is 3.28. The number of carbonyl (C=O) groups excluding carboxylic acids is 3. The maximum Gasteiger partial charge on any atom is 0.416 e. The lowest BCUT2D eigenvalue weighted by atomic mass is 10.0. The fourth-order valence-electron chi connectivity index (χ4n) is 3.64. The van der Waals surface area contributed by atoms with Crippen molar-refractivity contribution in [2.75, 3.05) is 5.32 Å². The van der Waals surface area contributed by atoms with Crippen LogP contribution in [-0.4, -0.2) is 27.3 Å². The molecule has 1 aliphatic rings. The Kier molecular flexibility index (Phi) is 5.97. The summed E-state index contributed by atoms with van der Waals surface area (Å²) >= 11 is 6.17. The number of nitrogens with one attached hydrogen (secondary N) is 2. The number of carbonyl (C=O) groups is 3. The third-order valence-corrected chi connectivity index (χ3v) is 5.44. The van der Waals surface area contributed by atoms with Crippen molar-refractivity contribution in [1.29, 1.82) is 0 Å². The average molecular weight is 514 g/mol. The van der Waals surface area contributed by atoms with Gasteiger partial charge in [0.05, 0.1) is 17.3 Å². The number of nitrogens with zero attached hydrogens (tertiary/aromatic N) is 2. The Balaban J connectivity index is 1.83. The molecule has 8 nitrogen and oxygen atoms in total. The number of primary amides is 1. The van der Waals surface area contributed by atoms with E-state index in [1.165, 1.54) is 6.07 Å². The highest BCUT2D eigenvalue weighted by Gasteiger charge is 2.36. The first-order valence-corrected chi connectivity index (χ1v) is 10.1. The number of rotatable bonds is 4. The number of benzene rings is 2. The molecule has 1 atom stereocenters. The lowest BCUT2D eigenvalue weighted by Crippen LogP contribution is -2.40. The molecule has 0 unspecified atom stereocenters. The summed E-state index contributed by atoms with van der Waals surface area (Å²) in [5, 5.41) is 4.77. The van der Waals surface area contributed by atoms with E-state index < -0.39 is 65.1 Å². The minimum Gasteiger partial charge on any atom is -0.363 e. The third kappa shape index (κ3) is 4.67. The van der Waals surface area contributed by atoms with Crippen LogP contribution >= 0.6 is 11.6 Å². The van der Waals surface area contributed by atoms with Crippen molar-refractivity contribution in [3.05, 3.63) is 81.3 Å². The number of alkyl halides is 3. The molecule has 0 aliphatic carbocycles. The second-order valence-corrected chi connectivity index (χ2v) is 7.87. The highest BCUT2D eigenvalue weighted by Crippen LogP contribution is 2.36. The lowest BCUT2D eigenvalue weighted by molar-refractivity contribution is -0.137. The molecule has 3 aromatic rings. The molecule has 35 heavy (non-hydrogen) atoms. The first kappa shape index (κ1) is 24.1. The van der Waals surface area contributed by atoms with Gasteiger partial charge in [-0.15, -0.1) is 0 Å². The first-order valence-electron chi connectivity index (χ1n) is 9.69. The van der Waals surface area contributed by atoms with Crippen LogP contribution in [0.15, 0.2) is 36.4 Å². The monoisotopic (exact) mass is 513 g/mol. The quantitative estimate of drug-likeness (QED) is 0.463. The average Bonchev–Trinajstić information content (AvgIpc) is 3.12. The van der Waals surface area contributed by atoms with E-state index in [1.54, 1.807) is 0 Å². The first-order chi connectivity index (χ1) is 16.3. The number of imidazole rings is 1. The van der Waals surface area contributed by atoms with Crippen LogP contribution in [0.25, 0.3) is 0 Å². The van der Waals surface area contributed by atoms with E-state index in [0.717, 1.165) is 16.7 Å². The molecular formula is C21H13ClF5N5O3. The number of anilines is 1. The maximum atomic E-state index is 13.9. The number of fused-ring (bicyclic) bond motifs is 1. The molecule has 0 fully saturated rings. The van der Waals surface area contributed by atoms with Crippen molar-refractivity contribution < 1.29 is 36.3 Å². The number of halogens is 6. The highest BCUT2D eigenvalue weighted by atomic mass is 35.5. The minimum absolute atomic E-state index is 0.0178. The molecule has 4 rings (SSSR count). The summed E-state index contributed by atoms with van der Waals surface area (Å²) in [5.74, 6) is -5.78. The predicted molar refractivity (Wildman–Crippen MR) is 111 cm³/mol. The Hall–Kier alpha value is -4.00. The van der Waals surface area contributed by atoms with Crippen LogP contribution in [0.5, 0.6) is 0 Å². The van der Waals surface area contributed by atoms with Crippen LogP contribution in [0, 0.1) is 11.6 Å². The molecular weight excluding hydrogens is 501 g/mol. The summed E-state index contributed by atoms with van der Waals surface area (Å²) in [4.78, 5) is 40.9. The van der Waals surface area contributed by atoms with Crippen molar-refractivity contribution in [1.82, 2.24) is 14.9 Å². The van der Waals surface area contributed by atoms with Crippen molar-refractivity contribution in [2.45, 2.75) is 18.8 Å². The maximum absolute atomic E-state index is 13.9. The molecule has 14 heteroatoms. The standard InChI is InChI=1S/C21H13ClF5N5O3/c22-13-2-1-10(23)6-12(13)15-16-18(30-19(17(28)34)32(16)7-14(33)29-15)31-20(35)8-3-9(21(25,26)27)5-11(24)4-8/h1-6,15H,7H2,(H2,28,34)(H,29,33)(H,31,35)/t15-/m0/s1. The van der Waals surface area contributed by atoms with E-state index in [0.29, 0.717) is 12.1 Å². The summed E-state index contributed by atoms with van der Waals surface area (Å²) in [5.41, 5.74) is 3.23. The highest BCUT2D eigenvalue weighted by molar-refractivity contribution is 6.31. The predicted octanol–water partition coefficient (Wildman–Crippen LogP) is 3.40. The van der Waals surface area contributed by atoms with Crippen LogP contribution in [-0.2, 0) is 17.5 Å². The van der Waals surface area contributed by atoms with Gasteiger partial charge < -0.3 is 20.9 Å². The van der Waals surface area contributed by atoms with Gasteiger partial charge in [0.25, 0.3) is 11.8 Å². The summed E-state index contributed by atoms with van der Waals surface area (Å²) in [7, 11) is 0. The second kappa shape index (κ2) is 8.65. The third-order valence-electron chi connectivity index (χ3n) is 5.10. The van der Waals surface area contributed by atoms with Gasteiger partial charge in [0, 0.05) is 16.1 Å². The zero-order valence-corrected chi connectivity index (χ0v) is 18.0. The van der Waals surface area contributed by atoms with Crippen molar-refractivity contribution in [2.24, 2.45) is 5.73 Å². The van der Waals surface area contributed by atoms with Crippen LogP contribution in [0.1, 0.15) is 43.8 Å². The van der Waals surface area contributed by atoms with E-state index in [4.69, 9.17) is 17.3 Å². The number of hydrogen-bond acceptors (Lipinski definition) is 4. The van der Waals surface area contributed by atoms with Gasteiger partial charge in [-0.2, -0.15) is 13.2 Å². The Morgan fingerprint density at radius 3 is 2.51 bits per heavy atom. The lowest BCUT2D eigenvalue weighted by Gasteiger charge is -2.28. The molecule has 0 radical (unpaired) electrons. The van der Waals surface area contributed by atoms with E-state index >= 15 is 0 Å². The summed E-state index contributed by atoms with van der Waals surface area (Å²) < 4.78 is 68.0. The Morgan fingerprint density at radius 1 is 1.14 bits per heavy atom. The normalized spacial score (nSPS) is 15.4. The van der Waals surface area contributed by atoms with Crippen LogP contribution < -0.4 is 16.4 Å². The van der Waals surface area contributed by atoms with Crippen LogP contribution in [0.2, 0.25) is 5.02 Å². The molecule has 4 N–H and O–H groups in total. The molecule has 3 amide bonds. The molecule has 2 heterocycles.